The summed E-state index contributed by atoms with van der Waals surface area (Å²) in [5.74, 6) is -0.736. The Labute approximate surface area is 151 Å². The van der Waals surface area contributed by atoms with Crippen LogP contribution in [0, 0.1) is 5.82 Å². The normalized spacial score (nSPS) is 12.7. The maximum Gasteiger partial charge on any atom is 0.241 e. The summed E-state index contributed by atoms with van der Waals surface area (Å²) in [5.41, 5.74) is 1.70. The Kier molecular flexibility index (Phi) is 5.06. The molecule has 1 atom stereocenters. The van der Waals surface area contributed by atoms with Gasteiger partial charge in [0, 0.05) is 24.1 Å². The van der Waals surface area contributed by atoms with Crippen LogP contribution >= 0.6 is 0 Å². The van der Waals surface area contributed by atoms with Crippen LogP contribution in [0.15, 0.2) is 66.1 Å². The SMILES string of the molecule is COc1ccc(S(=O)(=O)NC(C)c2ccc(-n3ccnc3)cc2)cc1F. The molecule has 0 aliphatic rings. The van der Waals surface area contributed by atoms with Gasteiger partial charge in [-0.15, -0.1) is 0 Å². The quantitative estimate of drug-likeness (QED) is 0.719. The number of benzene rings is 2. The van der Waals surface area contributed by atoms with Gasteiger partial charge in [-0.25, -0.2) is 22.5 Å². The maximum absolute atomic E-state index is 13.8. The zero-order valence-electron chi connectivity index (χ0n) is 14.3. The number of sulfonamides is 1. The third-order valence-electron chi connectivity index (χ3n) is 3.96. The van der Waals surface area contributed by atoms with Gasteiger partial charge in [0.25, 0.3) is 0 Å². The molecule has 2 aromatic carbocycles. The largest absolute Gasteiger partial charge is 0.494 e. The minimum Gasteiger partial charge on any atom is -0.494 e. The summed E-state index contributed by atoms with van der Waals surface area (Å²) in [5, 5.41) is 0. The summed E-state index contributed by atoms with van der Waals surface area (Å²) in [4.78, 5) is 3.83. The van der Waals surface area contributed by atoms with E-state index in [4.69, 9.17) is 4.74 Å². The molecule has 0 bridgehead atoms. The van der Waals surface area contributed by atoms with Gasteiger partial charge in [-0.2, -0.15) is 0 Å². The smallest absolute Gasteiger partial charge is 0.241 e. The fourth-order valence-electron chi connectivity index (χ4n) is 2.53. The number of methoxy groups -OCH3 is 1. The lowest BCUT2D eigenvalue weighted by Gasteiger charge is -2.16. The molecule has 1 unspecified atom stereocenters. The lowest BCUT2D eigenvalue weighted by atomic mass is 10.1. The monoisotopic (exact) mass is 375 g/mol. The number of halogens is 1. The second kappa shape index (κ2) is 7.27. The zero-order chi connectivity index (χ0) is 18.7. The average Bonchev–Trinajstić information content (AvgIpc) is 3.16. The zero-order valence-corrected chi connectivity index (χ0v) is 15.1. The molecule has 0 spiro atoms. The summed E-state index contributed by atoms with van der Waals surface area (Å²) in [6.07, 6.45) is 5.18. The maximum atomic E-state index is 13.8. The number of nitrogens with zero attached hydrogens (tertiary/aromatic N) is 2. The molecule has 0 amide bonds. The Morgan fingerprint density at radius 3 is 2.50 bits per heavy atom. The predicted molar refractivity (Wildman–Crippen MR) is 95.3 cm³/mol. The van der Waals surface area contributed by atoms with E-state index in [-0.39, 0.29) is 10.6 Å². The first-order chi connectivity index (χ1) is 12.4. The second-order valence-electron chi connectivity index (χ2n) is 5.70. The summed E-state index contributed by atoms with van der Waals surface area (Å²) in [7, 11) is -2.55. The molecule has 6 nitrogen and oxygen atoms in total. The van der Waals surface area contributed by atoms with Crippen LogP contribution in [0.3, 0.4) is 0 Å². The molecule has 0 radical (unpaired) electrons. The van der Waals surface area contributed by atoms with Crippen LogP contribution in [-0.2, 0) is 10.0 Å². The van der Waals surface area contributed by atoms with Crippen molar-refractivity contribution in [1.82, 2.24) is 14.3 Å². The average molecular weight is 375 g/mol. The molecular formula is C18H18FN3O3S. The van der Waals surface area contributed by atoms with Crippen molar-refractivity contribution in [3.63, 3.8) is 0 Å². The summed E-state index contributed by atoms with van der Waals surface area (Å²) >= 11 is 0. The van der Waals surface area contributed by atoms with Crippen molar-refractivity contribution in [3.8, 4) is 11.4 Å². The lowest BCUT2D eigenvalue weighted by molar-refractivity contribution is 0.385. The number of imidazole rings is 1. The van der Waals surface area contributed by atoms with E-state index in [1.165, 1.54) is 19.2 Å². The summed E-state index contributed by atoms with van der Waals surface area (Å²) in [6, 6.07) is 10.4. The summed E-state index contributed by atoms with van der Waals surface area (Å²) in [6.45, 7) is 1.73. The second-order valence-corrected chi connectivity index (χ2v) is 7.41. The van der Waals surface area contributed by atoms with Crippen molar-refractivity contribution in [1.29, 1.82) is 0 Å². The van der Waals surface area contributed by atoms with Crippen molar-refractivity contribution in [3.05, 3.63) is 72.6 Å². The van der Waals surface area contributed by atoms with E-state index in [2.05, 4.69) is 9.71 Å². The first kappa shape index (κ1) is 18.1. The molecule has 1 N–H and O–H groups in total. The molecule has 0 fully saturated rings. The van der Waals surface area contributed by atoms with Crippen molar-refractivity contribution >= 4 is 10.0 Å². The first-order valence-corrected chi connectivity index (χ1v) is 9.33. The van der Waals surface area contributed by atoms with Gasteiger partial charge in [0.05, 0.1) is 18.3 Å². The molecule has 8 heteroatoms. The molecule has 0 aliphatic heterocycles. The van der Waals surface area contributed by atoms with Gasteiger partial charge >= 0.3 is 0 Å². The van der Waals surface area contributed by atoms with Crippen molar-refractivity contribution < 1.29 is 17.5 Å². The first-order valence-electron chi connectivity index (χ1n) is 7.85. The van der Waals surface area contributed by atoms with Gasteiger partial charge in [0.15, 0.2) is 11.6 Å². The lowest BCUT2D eigenvalue weighted by Crippen LogP contribution is -2.27. The number of aromatic nitrogens is 2. The Balaban J connectivity index is 1.78. The number of hydrogen-bond acceptors (Lipinski definition) is 4. The minimum absolute atomic E-state index is 0.00732. The van der Waals surface area contributed by atoms with E-state index in [0.717, 1.165) is 17.3 Å². The highest BCUT2D eigenvalue weighted by molar-refractivity contribution is 7.89. The van der Waals surface area contributed by atoms with Gasteiger partial charge in [0.2, 0.25) is 10.0 Å². The van der Waals surface area contributed by atoms with Crippen LogP contribution in [0.5, 0.6) is 5.75 Å². The highest BCUT2D eigenvalue weighted by Crippen LogP contribution is 2.23. The highest BCUT2D eigenvalue weighted by Gasteiger charge is 2.20. The van der Waals surface area contributed by atoms with E-state index in [1.807, 2.05) is 35.0 Å². The van der Waals surface area contributed by atoms with E-state index in [0.29, 0.717) is 0 Å². The molecule has 1 aromatic heterocycles. The van der Waals surface area contributed by atoms with Crippen LogP contribution in [0.4, 0.5) is 4.39 Å². The van der Waals surface area contributed by atoms with E-state index in [1.54, 1.807) is 19.4 Å². The van der Waals surface area contributed by atoms with E-state index < -0.39 is 21.9 Å². The number of rotatable bonds is 6. The van der Waals surface area contributed by atoms with Crippen molar-refractivity contribution in [2.75, 3.05) is 7.11 Å². The number of ether oxygens (including phenoxy) is 1. The molecule has 3 rings (SSSR count). The Morgan fingerprint density at radius 1 is 1.19 bits per heavy atom. The van der Waals surface area contributed by atoms with Crippen LogP contribution < -0.4 is 9.46 Å². The molecule has 0 saturated carbocycles. The van der Waals surface area contributed by atoms with Gasteiger partial charge in [-0.05, 0) is 42.8 Å². The van der Waals surface area contributed by atoms with Crippen LogP contribution in [0.1, 0.15) is 18.5 Å². The predicted octanol–water partition coefficient (Wildman–Crippen LogP) is 3.06. The molecule has 0 saturated heterocycles. The van der Waals surface area contributed by atoms with E-state index >= 15 is 0 Å². The fraction of sp³-hybridized carbons (Fsp3) is 0.167. The molecule has 26 heavy (non-hydrogen) atoms. The summed E-state index contributed by atoms with van der Waals surface area (Å²) < 4.78 is 48.0. The third-order valence-corrected chi connectivity index (χ3v) is 5.50. The van der Waals surface area contributed by atoms with Gasteiger partial charge in [-0.3, -0.25) is 0 Å². The van der Waals surface area contributed by atoms with Crippen molar-refractivity contribution in [2.45, 2.75) is 17.9 Å². The fourth-order valence-corrected chi connectivity index (χ4v) is 3.77. The van der Waals surface area contributed by atoms with Gasteiger partial charge < -0.3 is 9.30 Å². The molecule has 0 aliphatic carbocycles. The molecular weight excluding hydrogens is 357 g/mol. The van der Waals surface area contributed by atoms with Crippen molar-refractivity contribution in [2.24, 2.45) is 0 Å². The van der Waals surface area contributed by atoms with Crippen LogP contribution in [-0.4, -0.2) is 25.1 Å². The molecule has 3 aromatic rings. The van der Waals surface area contributed by atoms with Gasteiger partial charge in [-0.1, -0.05) is 12.1 Å². The van der Waals surface area contributed by atoms with E-state index in [9.17, 15) is 12.8 Å². The number of hydrogen-bond donors (Lipinski definition) is 1. The molecule has 136 valence electrons. The number of nitrogens with one attached hydrogen (secondary N) is 1. The third kappa shape index (κ3) is 3.76. The topological polar surface area (TPSA) is 73.2 Å². The van der Waals surface area contributed by atoms with Crippen LogP contribution in [0.25, 0.3) is 5.69 Å². The van der Waals surface area contributed by atoms with Crippen LogP contribution in [0.2, 0.25) is 0 Å². The Morgan fingerprint density at radius 2 is 1.92 bits per heavy atom. The Bertz CT molecular complexity index is 987. The van der Waals surface area contributed by atoms with Gasteiger partial charge in [0.1, 0.15) is 0 Å². The molecule has 1 heterocycles. The highest BCUT2D eigenvalue weighted by atomic mass is 32.2. The Hall–Kier alpha value is -2.71. The standard InChI is InChI=1S/C18H18FN3O3S/c1-13(14-3-5-15(6-4-14)22-10-9-20-12-22)21-26(23,24)16-7-8-18(25-2)17(19)11-16/h3-13,21H,1-2H3. The minimum atomic E-state index is -3.87.